The highest BCUT2D eigenvalue weighted by atomic mass is 16.1. The van der Waals surface area contributed by atoms with E-state index in [1.165, 1.54) is 5.57 Å². The predicted octanol–water partition coefficient (Wildman–Crippen LogP) is 1.91. The minimum absolute atomic E-state index is 0.0964. The number of hydrogen-bond donors (Lipinski definition) is 0. The number of aldehydes is 1. The lowest BCUT2D eigenvalue weighted by molar-refractivity contribution is -0.110. The van der Waals surface area contributed by atoms with E-state index < -0.39 is 0 Å². The van der Waals surface area contributed by atoms with E-state index >= 15 is 0 Å². The van der Waals surface area contributed by atoms with Crippen LogP contribution in [-0.2, 0) is 4.79 Å². The molecule has 1 aliphatic heterocycles. The highest BCUT2D eigenvalue weighted by molar-refractivity contribution is 6.09. The molecule has 2 aliphatic rings. The normalized spacial score (nSPS) is 20.8. The molecule has 0 aromatic carbocycles. The summed E-state index contributed by atoms with van der Waals surface area (Å²) < 4.78 is 0. The van der Waals surface area contributed by atoms with Crippen molar-refractivity contribution in [1.29, 1.82) is 0 Å². The zero-order valence-electron chi connectivity index (χ0n) is 8.10. The van der Waals surface area contributed by atoms with Gasteiger partial charge in [0.2, 0.25) is 0 Å². The average Bonchev–Trinajstić information content (AvgIpc) is 2.64. The third-order valence-electron chi connectivity index (χ3n) is 2.39. The molecule has 0 aromatic rings. The second-order valence-corrected chi connectivity index (χ2v) is 3.69. The fraction of sp³-hybridized carbons (Fsp3) is 0.364. The summed E-state index contributed by atoms with van der Waals surface area (Å²) >= 11 is 0. The van der Waals surface area contributed by atoms with Gasteiger partial charge >= 0.3 is 0 Å². The molecule has 3 heteroatoms. The van der Waals surface area contributed by atoms with Crippen molar-refractivity contribution in [2.45, 2.75) is 19.8 Å². The van der Waals surface area contributed by atoms with E-state index in [2.05, 4.69) is 16.1 Å². The first-order valence-corrected chi connectivity index (χ1v) is 4.74. The summed E-state index contributed by atoms with van der Waals surface area (Å²) in [6.07, 6.45) is 8.26. The van der Waals surface area contributed by atoms with Gasteiger partial charge in [0.15, 0.2) is 0 Å². The largest absolute Gasteiger partial charge is 0.303 e. The number of aliphatic imine (C=N–C) groups is 2. The van der Waals surface area contributed by atoms with Gasteiger partial charge in [-0.25, -0.2) is 9.98 Å². The first-order valence-electron chi connectivity index (χ1n) is 4.74. The quantitative estimate of drug-likeness (QED) is 0.624. The third kappa shape index (κ3) is 1.71. The van der Waals surface area contributed by atoms with Crippen LogP contribution in [-0.4, -0.2) is 18.3 Å². The van der Waals surface area contributed by atoms with Crippen LogP contribution < -0.4 is 0 Å². The summed E-state index contributed by atoms with van der Waals surface area (Å²) in [6.45, 7) is 1.93. The highest BCUT2D eigenvalue weighted by Gasteiger charge is 2.16. The molecule has 14 heavy (non-hydrogen) atoms. The molecule has 0 fully saturated rings. The van der Waals surface area contributed by atoms with Crippen molar-refractivity contribution in [3.05, 3.63) is 23.4 Å². The van der Waals surface area contributed by atoms with Crippen molar-refractivity contribution in [3.8, 4) is 0 Å². The molecule has 1 aliphatic carbocycles. The predicted molar refractivity (Wildman–Crippen MR) is 56.6 cm³/mol. The molecule has 0 amide bonds. The zero-order chi connectivity index (χ0) is 9.97. The third-order valence-corrected chi connectivity index (χ3v) is 2.39. The van der Waals surface area contributed by atoms with Crippen molar-refractivity contribution < 1.29 is 4.79 Å². The molecule has 1 heterocycles. The summed E-state index contributed by atoms with van der Waals surface area (Å²) in [5.41, 5.74) is 3.26. The van der Waals surface area contributed by atoms with E-state index in [-0.39, 0.29) is 5.92 Å². The minimum atomic E-state index is 0.0964. The molecule has 2 rings (SSSR count). The molecule has 0 saturated heterocycles. The molecule has 72 valence electrons. The average molecular weight is 188 g/mol. The second kappa shape index (κ2) is 3.70. The van der Waals surface area contributed by atoms with E-state index in [1.54, 1.807) is 6.34 Å². The fourth-order valence-corrected chi connectivity index (χ4v) is 1.65. The minimum Gasteiger partial charge on any atom is -0.303 e. The van der Waals surface area contributed by atoms with Crippen LogP contribution in [0.25, 0.3) is 0 Å². The highest BCUT2D eigenvalue weighted by Crippen LogP contribution is 2.23. The van der Waals surface area contributed by atoms with Gasteiger partial charge < -0.3 is 4.79 Å². The molecule has 0 radical (unpaired) electrons. The van der Waals surface area contributed by atoms with Gasteiger partial charge in [-0.1, -0.05) is 18.6 Å². The van der Waals surface area contributed by atoms with Gasteiger partial charge in [0.25, 0.3) is 0 Å². The van der Waals surface area contributed by atoms with Crippen molar-refractivity contribution >= 4 is 18.3 Å². The van der Waals surface area contributed by atoms with Crippen LogP contribution in [0.5, 0.6) is 0 Å². The Kier molecular flexibility index (Phi) is 2.39. The topological polar surface area (TPSA) is 41.8 Å². The van der Waals surface area contributed by atoms with E-state index in [9.17, 15) is 4.79 Å². The number of fused-ring (bicyclic) bond motifs is 1. The molecule has 0 N–H and O–H groups in total. The molecule has 0 aromatic heterocycles. The lowest BCUT2D eigenvalue weighted by atomic mass is 9.93. The van der Waals surface area contributed by atoms with Crippen molar-refractivity contribution in [3.63, 3.8) is 0 Å². The van der Waals surface area contributed by atoms with Gasteiger partial charge in [-0.2, -0.15) is 0 Å². The first kappa shape index (κ1) is 9.06. The monoisotopic (exact) mass is 188 g/mol. The standard InChI is InChI=1S/C11H12N2O/c1-8(6-14)4-9-2-3-10-11(5-9)13-7-12-10/h2-3,6-8H,4-5H2,1H3. The van der Waals surface area contributed by atoms with Crippen molar-refractivity contribution in [1.82, 2.24) is 0 Å². The van der Waals surface area contributed by atoms with E-state index in [4.69, 9.17) is 0 Å². The van der Waals surface area contributed by atoms with Gasteiger partial charge in [-0.05, 0) is 12.5 Å². The number of rotatable bonds is 3. The summed E-state index contributed by atoms with van der Waals surface area (Å²) in [4.78, 5) is 18.8. The number of nitrogens with zero attached hydrogens (tertiary/aromatic N) is 2. The van der Waals surface area contributed by atoms with Gasteiger partial charge in [0.05, 0.1) is 11.4 Å². The number of carbonyl (C=O) groups is 1. The summed E-state index contributed by atoms with van der Waals surface area (Å²) in [7, 11) is 0. The molecular formula is C11H12N2O. The molecule has 0 bridgehead atoms. The maximum atomic E-state index is 10.5. The van der Waals surface area contributed by atoms with Crippen LogP contribution in [0.2, 0.25) is 0 Å². The Morgan fingerprint density at radius 2 is 2.43 bits per heavy atom. The van der Waals surface area contributed by atoms with E-state index in [0.29, 0.717) is 0 Å². The Morgan fingerprint density at radius 1 is 1.57 bits per heavy atom. The maximum absolute atomic E-state index is 10.5. The van der Waals surface area contributed by atoms with Crippen molar-refractivity contribution in [2.75, 3.05) is 0 Å². The Labute approximate surface area is 82.9 Å². The number of hydrogen-bond acceptors (Lipinski definition) is 3. The van der Waals surface area contributed by atoms with E-state index in [0.717, 1.165) is 30.5 Å². The van der Waals surface area contributed by atoms with Crippen LogP contribution in [0.4, 0.5) is 0 Å². The summed E-state index contributed by atoms with van der Waals surface area (Å²) in [5.74, 6) is 0.0964. The van der Waals surface area contributed by atoms with Crippen LogP contribution in [0.15, 0.2) is 33.4 Å². The van der Waals surface area contributed by atoms with Gasteiger partial charge in [0.1, 0.15) is 12.6 Å². The molecular weight excluding hydrogens is 176 g/mol. The molecule has 1 unspecified atom stereocenters. The summed E-state index contributed by atoms with van der Waals surface area (Å²) in [5, 5.41) is 0. The van der Waals surface area contributed by atoms with Gasteiger partial charge in [-0.3, -0.25) is 0 Å². The number of carbonyl (C=O) groups excluding carboxylic acids is 1. The van der Waals surface area contributed by atoms with E-state index in [1.807, 2.05) is 13.0 Å². The Morgan fingerprint density at radius 3 is 3.21 bits per heavy atom. The molecule has 0 saturated carbocycles. The van der Waals surface area contributed by atoms with Crippen LogP contribution >= 0.6 is 0 Å². The SMILES string of the molecule is CC(C=O)CC1=CC=C2N=CN=C2C1. The van der Waals surface area contributed by atoms with Gasteiger partial charge in [0, 0.05) is 12.3 Å². The second-order valence-electron chi connectivity index (χ2n) is 3.69. The Hall–Kier alpha value is -1.51. The first-order chi connectivity index (χ1) is 6.79. The van der Waals surface area contributed by atoms with Crippen LogP contribution in [0, 0.1) is 5.92 Å². The van der Waals surface area contributed by atoms with Crippen LogP contribution in [0.1, 0.15) is 19.8 Å². The molecule has 0 spiro atoms. The fourth-order valence-electron chi connectivity index (χ4n) is 1.65. The lowest BCUT2D eigenvalue weighted by Crippen LogP contribution is -2.07. The molecule has 1 atom stereocenters. The number of allylic oxidation sites excluding steroid dienone is 4. The lowest BCUT2D eigenvalue weighted by Gasteiger charge is -2.12. The Bertz CT molecular complexity index is 375. The smallest absolute Gasteiger partial charge is 0.123 e. The summed E-state index contributed by atoms with van der Waals surface area (Å²) in [6, 6.07) is 0. The van der Waals surface area contributed by atoms with Gasteiger partial charge in [-0.15, -0.1) is 0 Å². The zero-order valence-corrected chi connectivity index (χ0v) is 8.10. The Balaban J connectivity index is 2.08. The molecule has 3 nitrogen and oxygen atoms in total. The maximum Gasteiger partial charge on any atom is 0.123 e. The van der Waals surface area contributed by atoms with Crippen molar-refractivity contribution in [2.24, 2.45) is 15.9 Å². The van der Waals surface area contributed by atoms with Crippen LogP contribution in [0.3, 0.4) is 0 Å².